The van der Waals surface area contributed by atoms with E-state index in [2.05, 4.69) is 16.0 Å². The molecule has 1 aliphatic rings. The predicted octanol–water partition coefficient (Wildman–Crippen LogP) is 0.495. The largest absolute Gasteiger partial charge is 0.480 e. The molecule has 3 unspecified atom stereocenters. The standard InChI is InChI=1S/C16H29N3O4/c1-9(2)8-12(16(22)23)18-15(21)13(10(3)4)19-14(20)11-6-5-7-17-11/h9-13,17H,5-8H2,1-4H3,(H,18,21)(H,19,20)(H,22,23). The zero-order chi connectivity index (χ0) is 17.6. The normalized spacial score (nSPS) is 20.3. The van der Waals surface area contributed by atoms with Gasteiger partial charge in [-0.15, -0.1) is 0 Å². The number of amides is 2. The van der Waals surface area contributed by atoms with E-state index in [0.717, 1.165) is 19.4 Å². The van der Waals surface area contributed by atoms with Gasteiger partial charge in [-0.05, 0) is 37.6 Å². The topological polar surface area (TPSA) is 108 Å². The van der Waals surface area contributed by atoms with Crippen molar-refractivity contribution >= 4 is 17.8 Å². The van der Waals surface area contributed by atoms with Gasteiger partial charge in [0.05, 0.1) is 6.04 Å². The summed E-state index contributed by atoms with van der Waals surface area (Å²) in [6.45, 7) is 8.24. The van der Waals surface area contributed by atoms with Gasteiger partial charge in [-0.2, -0.15) is 0 Å². The van der Waals surface area contributed by atoms with Gasteiger partial charge in [0.15, 0.2) is 0 Å². The Morgan fingerprint density at radius 2 is 1.83 bits per heavy atom. The second kappa shape index (κ2) is 8.86. The zero-order valence-corrected chi connectivity index (χ0v) is 14.4. The molecule has 23 heavy (non-hydrogen) atoms. The van der Waals surface area contributed by atoms with Crippen molar-refractivity contribution in [2.24, 2.45) is 11.8 Å². The molecule has 1 fully saturated rings. The van der Waals surface area contributed by atoms with Crippen LogP contribution in [0.5, 0.6) is 0 Å². The lowest BCUT2D eigenvalue weighted by atomic mass is 10.00. The first-order valence-corrected chi connectivity index (χ1v) is 8.29. The van der Waals surface area contributed by atoms with Gasteiger partial charge in [0.2, 0.25) is 11.8 Å². The van der Waals surface area contributed by atoms with Crippen molar-refractivity contribution < 1.29 is 19.5 Å². The first kappa shape index (κ1) is 19.4. The summed E-state index contributed by atoms with van der Waals surface area (Å²) in [7, 11) is 0. The van der Waals surface area contributed by atoms with Gasteiger partial charge < -0.3 is 21.1 Å². The summed E-state index contributed by atoms with van der Waals surface area (Å²) in [5.41, 5.74) is 0. The van der Waals surface area contributed by atoms with Crippen molar-refractivity contribution in [1.29, 1.82) is 0 Å². The van der Waals surface area contributed by atoms with Crippen LogP contribution in [-0.4, -0.2) is 47.6 Å². The summed E-state index contributed by atoms with van der Waals surface area (Å²) in [6.07, 6.45) is 2.04. The Balaban J connectivity index is 2.69. The van der Waals surface area contributed by atoms with Crippen LogP contribution in [0.3, 0.4) is 0 Å². The first-order chi connectivity index (χ1) is 10.7. The van der Waals surface area contributed by atoms with Gasteiger partial charge in [-0.1, -0.05) is 27.7 Å². The molecular formula is C16H29N3O4. The molecule has 7 nitrogen and oxygen atoms in total. The Morgan fingerprint density at radius 3 is 2.26 bits per heavy atom. The van der Waals surface area contributed by atoms with Crippen LogP contribution in [0.4, 0.5) is 0 Å². The predicted molar refractivity (Wildman–Crippen MR) is 86.8 cm³/mol. The van der Waals surface area contributed by atoms with E-state index in [1.807, 2.05) is 27.7 Å². The summed E-state index contributed by atoms with van der Waals surface area (Å²) in [4.78, 5) is 35.9. The number of nitrogens with one attached hydrogen (secondary N) is 3. The van der Waals surface area contributed by atoms with Crippen LogP contribution in [0.1, 0.15) is 47.0 Å². The second-order valence-corrected chi connectivity index (χ2v) is 6.91. The van der Waals surface area contributed by atoms with Crippen molar-refractivity contribution in [3.63, 3.8) is 0 Å². The van der Waals surface area contributed by atoms with Gasteiger partial charge in [0.1, 0.15) is 12.1 Å². The highest BCUT2D eigenvalue weighted by Gasteiger charge is 2.31. The summed E-state index contributed by atoms with van der Waals surface area (Å²) < 4.78 is 0. The molecule has 7 heteroatoms. The fraction of sp³-hybridized carbons (Fsp3) is 0.812. The Kier molecular flexibility index (Phi) is 7.48. The molecule has 0 aromatic rings. The number of carboxylic acid groups (broad SMARTS) is 1. The monoisotopic (exact) mass is 327 g/mol. The van der Waals surface area contributed by atoms with E-state index in [-0.39, 0.29) is 23.8 Å². The number of carbonyl (C=O) groups excluding carboxylic acids is 2. The van der Waals surface area contributed by atoms with Crippen molar-refractivity contribution in [3.8, 4) is 0 Å². The van der Waals surface area contributed by atoms with Crippen molar-refractivity contribution in [3.05, 3.63) is 0 Å². The van der Waals surface area contributed by atoms with Crippen LogP contribution >= 0.6 is 0 Å². The van der Waals surface area contributed by atoms with Crippen LogP contribution in [0.2, 0.25) is 0 Å². The van der Waals surface area contributed by atoms with E-state index in [9.17, 15) is 19.5 Å². The minimum absolute atomic E-state index is 0.131. The molecule has 1 aliphatic heterocycles. The molecule has 132 valence electrons. The molecule has 4 N–H and O–H groups in total. The molecule has 1 heterocycles. The van der Waals surface area contributed by atoms with E-state index in [1.54, 1.807) is 0 Å². The zero-order valence-electron chi connectivity index (χ0n) is 14.4. The number of hydrogen-bond donors (Lipinski definition) is 4. The average molecular weight is 327 g/mol. The number of carbonyl (C=O) groups is 3. The fourth-order valence-corrected chi connectivity index (χ4v) is 2.65. The first-order valence-electron chi connectivity index (χ1n) is 8.29. The molecule has 0 bridgehead atoms. The molecule has 0 aliphatic carbocycles. The number of aliphatic carboxylic acids is 1. The van der Waals surface area contributed by atoms with Crippen LogP contribution in [0.25, 0.3) is 0 Å². The molecule has 1 rings (SSSR count). The van der Waals surface area contributed by atoms with Gasteiger partial charge >= 0.3 is 5.97 Å². The molecule has 0 aromatic heterocycles. The minimum atomic E-state index is -1.06. The van der Waals surface area contributed by atoms with E-state index < -0.39 is 24.0 Å². The Hall–Kier alpha value is -1.63. The lowest BCUT2D eigenvalue weighted by Crippen LogP contribution is -2.56. The summed E-state index contributed by atoms with van der Waals surface area (Å²) in [6, 6.07) is -1.95. The molecule has 0 saturated carbocycles. The second-order valence-electron chi connectivity index (χ2n) is 6.91. The maximum Gasteiger partial charge on any atom is 0.326 e. The molecule has 3 atom stereocenters. The SMILES string of the molecule is CC(C)CC(NC(=O)C(NC(=O)C1CCCN1)C(C)C)C(=O)O. The van der Waals surface area contributed by atoms with Gasteiger partial charge in [0, 0.05) is 0 Å². The molecule has 2 amide bonds. The van der Waals surface area contributed by atoms with Crippen molar-refractivity contribution in [2.45, 2.75) is 65.1 Å². The maximum atomic E-state index is 12.4. The number of carboxylic acids is 1. The van der Waals surface area contributed by atoms with E-state index in [1.165, 1.54) is 0 Å². The summed E-state index contributed by atoms with van der Waals surface area (Å²) >= 11 is 0. The highest BCUT2D eigenvalue weighted by atomic mass is 16.4. The number of hydrogen-bond acceptors (Lipinski definition) is 4. The molecule has 0 spiro atoms. The highest BCUT2D eigenvalue weighted by molar-refractivity contribution is 5.92. The maximum absolute atomic E-state index is 12.4. The van der Waals surface area contributed by atoms with Crippen molar-refractivity contribution in [2.75, 3.05) is 6.54 Å². The van der Waals surface area contributed by atoms with E-state index >= 15 is 0 Å². The molecule has 0 aromatic carbocycles. The average Bonchev–Trinajstić information content (AvgIpc) is 2.96. The summed E-state index contributed by atoms with van der Waals surface area (Å²) in [5.74, 6) is -1.69. The quantitative estimate of drug-likeness (QED) is 0.519. The van der Waals surface area contributed by atoms with Crippen LogP contribution < -0.4 is 16.0 Å². The Morgan fingerprint density at radius 1 is 1.17 bits per heavy atom. The Bertz CT molecular complexity index is 431. The molecule has 1 saturated heterocycles. The third-order valence-electron chi connectivity index (χ3n) is 3.95. The lowest BCUT2D eigenvalue weighted by Gasteiger charge is -2.25. The lowest BCUT2D eigenvalue weighted by molar-refractivity contribution is -0.143. The van der Waals surface area contributed by atoms with E-state index in [4.69, 9.17) is 0 Å². The summed E-state index contributed by atoms with van der Waals surface area (Å²) in [5, 5.41) is 17.6. The third-order valence-corrected chi connectivity index (χ3v) is 3.95. The Labute approximate surface area is 137 Å². The minimum Gasteiger partial charge on any atom is -0.480 e. The smallest absolute Gasteiger partial charge is 0.326 e. The van der Waals surface area contributed by atoms with Crippen LogP contribution in [-0.2, 0) is 14.4 Å². The molecule has 0 radical (unpaired) electrons. The van der Waals surface area contributed by atoms with E-state index in [0.29, 0.717) is 6.42 Å². The van der Waals surface area contributed by atoms with Gasteiger partial charge in [-0.3, -0.25) is 9.59 Å². The molecular weight excluding hydrogens is 298 g/mol. The number of rotatable bonds is 8. The van der Waals surface area contributed by atoms with Crippen LogP contribution in [0, 0.1) is 11.8 Å². The fourth-order valence-electron chi connectivity index (χ4n) is 2.65. The van der Waals surface area contributed by atoms with Crippen LogP contribution in [0.15, 0.2) is 0 Å². The van der Waals surface area contributed by atoms with Gasteiger partial charge in [0.25, 0.3) is 0 Å². The third kappa shape index (κ3) is 6.17. The van der Waals surface area contributed by atoms with Gasteiger partial charge in [-0.25, -0.2) is 4.79 Å². The van der Waals surface area contributed by atoms with Crippen molar-refractivity contribution in [1.82, 2.24) is 16.0 Å². The highest BCUT2D eigenvalue weighted by Crippen LogP contribution is 2.10.